The fourth-order valence-electron chi connectivity index (χ4n) is 1.16. The van der Waals surface area contributed by atoms with Gasteiger partial charge in [0.2, 0.25) is 5.91 Å². The monoisotopic (exact) mass is 254 g/mol. The number of carbonyl (C=O) groups is 3. The molecule has 1 atom stereocenters. The Morgan fingerprint density at radius 1 is 1.44 bits per heavy atom. The maximum atomic E-state index is 11.4. The lowest BCUT2D eigenvalue weighted by atomic mass is 10.3. The van der Waals surface area contributed by atoms with Crippen molar-refractivity contribution in [2.45, 2.75) is 19.4 Å². The first-order chi connectivity index (χ1) is 8.50. The lowest BCUT2D eigenvalue weighted by Gasteiger charge is -2.09. The quantitative estimate of drug-likeness (QED) is 0.661. The molecule has 7 heteroatoms. The van der Waals surface area contributed by atoms with Crippen LogP contribution in [0, 0.1) is 0 Å². The first kappa shape index (κ1) is 13.8. The summed E-state index contributed by atoms with van der Waals surface area (Å²) in [5.74, 6) is -1.88. The zero-order chi connectivity index (χ0) is 13.5. The molecule has 0 fully saturated rings. The topological polar surface area (TPSA) is 109 Å². The molecule has 0 spiro atoms. The Morgan fingerprint density at radius 3 is 2.72 bits per heavy atom. The summed E-state index contributed by atoms with van der Waals surface area (Å²) >= 11 is 0. The minimum atomic E-state index is -1.11. The Balaban J connectivity index is 2.24. The van der Waals surface area contributed by atoms with Crippen molar-refractivity contribution >= 4 is 17.8 Å². The summed E-state index contributed by atoms with van der Waals surface area (Å²) in [6.45, 7) is 1.49. The average molecular weight is 254 g/mol. The molecular formula is C11H14N2O5. The first-order valence-corrected chi connectivity index (χ1v) is 5.33. The van der Waals surface area contributed by atoms with Crippen molar-refractivity contribution < 1.29 is 23.9 Å². The van der Waals surface area contributed by atoms with Gasteiger partial charge in [-0.15, -0.1) is 0 Å². The molecule has 0 saturated carbocycles. The van der Waals surface area contributed by atoms with Crippen LogP contribution in [0.5, 0.6) is 0 Å². The van der Waals surface area contributed by atoms with Gasteiger partial charge in [-0.2, -0.15) is 0 Å². The zero-order valence-corrected chi connectivity index (χ0v) is 9.80. The summed E-state index contributed by atoms with van der Waals surface area (Å²) < 4.78 is 4.74. The number of aliphatic carboxylic acids is 1. The fraction of sp³-hybridized carbons (Fsp3) is 0.364. The van der Waals surface area contributed by atoms with Crippen molar-refractivity contribution in [3.05, 3.63) is 24.2 Å². The van der Waals surface area contributed by atoms with Crippen LogP contribution in [0.2, 0.25) is 0 Å². The van der Waals surface area contributed by atoms with Crippen LogP contribution < -0.4 is 10.6 Å². The number of carbonyl (C=O) groups excluding carboxylic acids is 2. The normalized spacial score (nSPS) is 11.6. The second-order valence-corrected chi connectivity index (χ2v) is 3.65. The third-order valence-corrected chi connectivity index (χ3v) is 2.17. The summed E-state index contributed by atoms with van der Waals surface area (Å²) in [6.07, 6.45) is 2.68. The van der Waals surface area contributed by atoms with Crippen molar-refractivity contribution in [3.63, 3.8) is 0 Å². The van der Waals surface area contributed by atoms with Crippen LogP contribution >= 0.6 is 0 Å². The largest absolute Gasteiger partial charge is 0.480 e. The third kappa shape index (κ3) is 4.28. The Bertz CT molecular complexity index is 427. The molecule has 0 aliphatic carbocycles. The Kier molecular flexibility index (Phi) is 4.91. The highest BCUT2D eigenvalue weighted by molar-refractivity contribution is 5.94. The Morgan fingerprint density at radius 2 is 2.17 bits per heavy atom. The number of hydrogen-bond acceptors (Lipinski definition) is 4. The molecule has 0 radical (unpaired) electrons. The molecule has 98 valence electrons. The molecule has 7 nitrogen and oxygen atoms in total. The number of rotatable bonds is 6. The van der Waals surface area contributed by atoms with E-state index in [1.54, 1.807) is 0 Å². The summed E-state index contributed by atoms with van der Waals surface area (Å²) in [7, 11) is 0. The van der Waals surface area contributed by atoms with Crippen LogP contribution in [0.4, 0.5) is 0 Å². The minimum absolute atomic E-state index is 0.0151. The molecule has 1 rings (SSSR count). The van der Waals surface area contributed by atoms with Gasteiger partial charge in [0.1, 0.15) is 12.3 Å². The number of amides is 2. The minimum Gasteiger partial charge on any atom is -0.480 e. The number of carboxylic acids is 1. The molecule has 0 saturated heterocycles. The zero-order valence-electron chi connectivity index (χ0n) is 9.80. The number of hydrogen-bond donors (Lipinski definition) is 3. The third-order valence-electron chi connectivity index (χ3n) is 2.17. The highest BCUT2D eigenvalue weighted by Crippen LogP contribution is 1.98. The SMILES string of the molecule is CC(NC(=O)CCNC(=O)c1ccoc1)C(=O)O. The predicted molar refractivity (Wildman–Crippen MR) is 60.9 cm³/mol. The molecule has 18 heavy (non-hydrogen) atoms. The summed E-state index contributed by atoms with van der Waals surface area (Å²) in [5, 5.41) is 13.4. The number of furan rings is 1. The van der Waals surface area contributed by atoms with Crippen LogP contribution in [-0.2, 0) is 9.59 Å². The van der Waals surface area contributed by atoms with Crippen LogP contribution in [0.1, 0.15) is 23.7 Å². The van der Waals surface area contributed by atoms with E-state index in [0.29, 0.717) is 5.56 Å². The molecule has 2 amide bonds. The van der Waals surface area contributed by atoms with E-state index < -0.39 is 17.9 Å². The average Bonchev–Trinajstić information content (AvgIpc) is 2.81. The fourth-order valence-corrected chi connectivity index (χ4v) is 1.16. The second kappa shape index (κ2) is 6.43. The lowest BCUT2D eigenvalue weighted by molar-refractivity contribution is -0.141. The summed E-state index contributed by atoms with van der Waals surface area (Å²) in [4.78, 5) is 33.2. The van der Waals surface area contributed by atoms with Gasteiger partial charge < -0.3 is 20.2 Å². The van der Waals surface area contributed by atoms with E-state index in [9.17, 15) is 14.4 Å². The van der Waals surface area contributed by atoms with Crippen molar-refractivity contribution in [2.24, 2.45) is 0 Å². The number of nitrogens with one attached hydrogen (secondary N) is 2. The van der Waals surface area contributed by atoms with Crippen LogP contribution in [-0.4, -0.2) is 35.5 Å². The molecule has 0 aromatic carbocycles. The Labute approximate surface area is 103 Å². The molecule has 0 aliphatic heterocycles. The molecule has 1 unspecified atom stereocenters. The maximum Gasteiger partial charge on any atom is 0.325 e. The van der Waals surface area contributed by atoms with Crippen molar-refractivity contribution in [2.75, 3.05) is 6.54 Å². The van der Waals surface area contributed by atoms with Gasteiger partial charge in [-0.3, -0.25) is 14.4 Å². The number of carboxylic acid groups (broad SMARTS) is 1. The van der Waals surface area contributed by atoms with Crippen LogP contribution in [0.15, 0.2) is 23.0 Å². The van der Waals surface area contributed by atoms with Crippen LogP contribution in [0.25, 0.3) is 0 Å². The highest BCUT2D eigenvalue weighted by atomic mass is 16.4. The van der Waals surface area contributed by atoms with Crippen molar-refractivity contribution in [3.8, 4) is 0 Å². The molecule has 0 bridgehead atoms. The molecule has 3 N–H and O–H groups in total. The lowest BCUT2D eigenvalue weighted by Crippen LogP contribution is -2.39. The van der Waals surface area contributed by atoms with Gasteiger partial charge in [0.15, 0.2) is 0 Å². The van der Waals surface area contributed by atoms with E-state index in [4.69, 9.17) is 9.52 Å². The molecule has 1 heterocycles. The summed E-state index contributed by atoms with van der Waals surface area (Å²) in [5.41, 5.74) is 0.370. The van der Waals surface area contributed by atoms with Crippen LogP contribution in [0.3, 0.4) is 0 Å². The molecule has 1 aromatic rings. The molecular weight excluding hydrogens is 240 g/mol. The van der Waals surface area contributed by atoms with Crippen molar-refractivity contribution in [1.29, 1.82) is 0 Å². The van der Waals surface area contributed by atoms with Gasteiger partial charge in [-0.05, 0) is 13.0 Å². The van der Waals surface area contributed by atoms with Gasteiger partial charge >= 0.3 is 5.97 Å². The van der Waals surface area contributed by atoms with Gasteiger partial charge in [0.25, 0.3) is 5.91 Å². The van der Waals surface area contributed by atoms with E-state index in [1.165, 1.54) is 25.5 Å². The maximum absolute atomic E-state index is 11.4. The summed E-state index contributed by atoms with van der Waals surface area (Å²) in [6, 6.07) is 0.559. The second-order valence-electron chi connectivity index (χ2n) is 3.65. The first-order valence-electron chi connectivity index (χ1n) is 5.33. The van der Waals surface area contributed by atoms with Gasteiger partial charge in [0, 0.05) is 13.0 Å². The van der Waals surface area contributed by atoms with E-state index in [0.717, 1.165) is 0 Å². The van der Waals surface area contributed by atoms with Gasteiger partial charge in [-0.25, -0.2) is 0 Å². The van der Waals surface area contributed by atoms with E-state index in [-0.39, 0.29) is 18.9 Å². The van der Waals surface area contributed by atoms with Crippen molar-refractivity contribution in [1.82, 2.24) is 10.6 Å². The Hall–Kier alpha value is -2.31. The standard InChI is InChI=1S/C11H14N2O5/c1-7(11(16)17)13-9(14)2-4-12-10(15)8-3-5-18-6-8/h3,5-7H,2,4H2,1H3,(H,12,15)(H,13,14)(H,16,17). The molecule has 0 aliphatic rings. The van der Waals surface area contributed by atoms with E-state index in [2.05, 4.69) is 10.6 Å². The van der Waals surface area contributed by atoms with Gasteiger partial charge in [-0.1, -0.05) is 0 Å². The highest BCUT2D eigenvalue weighted by Gasteiger charge is 2.14. The molecule has 1 aromatic heterocycles. The predicted octanol–water partition coefficient (Wildman–Crippen LogP) is -0.0112. The van der Waals surface area contributed by atoms with Gasteiger partial charge in [0.05, 0.1) is 11.8 Å². The van der Waals surface area contributed by atoms with E-state index >= 15 is 0 Å². The smallest absolute Gasteiger partial charge is 0.325 e. The van der Waals surface area contributed by atoms with E-state index in [1.807, 2.05) is 0 Å².